The number of hydrogen-bond donors (Lipinski definition) is 2. The topological polar surface area (TPSA) is 57.8 Å². The van der Waals surface area contributed by atoms with Gasteiger partial charge < -0.3 is 10.3 Å². The van der Waals surface area contributed by atoms with Crippen LogP contribution in [0.2, 0.25) is 0 Å². The number of amides is 1. The van der Waals surface area contributed by atoms with Gasteiger partial charge in [0.25, 0.3) is 0 Å². The summed E-state index contributed by atoms with van der Waals surface area (Å²) in [5, 5.41) is 2.89. The average molecular weight is 308 g/mol. The zero-order chi connectivity index (χ0) is 12.8. The average Bonchev–Trinajstić information content (AvgIpc) is 2.82. The molecule has 94 valence electrons. The quantitative estimate of drug-likeness (QED) is 0.888. The number of nitrogens with zero attached hydrogens (tertiary/aromatic N) is 1. The molecule has 0 aliphatic carbocycles. The van der Waals surface area contributed by atoms with E-state index in [1.807, 2.05) is 24.3 Å². The summed E-state index contributed by atoms with van der Waals surface area (Å²) >= 11 is 3.39. The third kappa shape index (κ3) is 4.00. The summed E-state index contributed by atoms with van der Waals surface area (Å²) in [6, 6.07) is 7.77. The van der Waals surface area contributed by atoms with Gasteiger partial charge in [0, 0.05) is 29.3 Å². The number of carbonyl (C=O) groups excluding carboxylic acids is 1. The van der Waals surface area contributed by atoms with Crippen LogP contribution in [-0.4, -0.2) is 22.4 Å². The summed E-state index contributed by atoms with van der Waals surface area (Å²) < 4.78 is 0.991. The number of imidazole rings is 1. The molecule has 4 nitrogen and oxygen atoms in total. The van der Waals surface area contributed by atoms with E-state index in [1.54, 1.807) is 12.5 Å². The van der Waals surface area contributed by atoms with Gasteiger partial charge in [0.1, 0.15) is 0 Å². The van der Waals surface area contributed by atoms with Gasteiger partial charge in [0.15, 0.2) is 0 Å². The highest BCUT2D eigenvalue weighted by Crippen LogP contribution is 2.11. The Hall–Kier alpha value is -1.62. The molecular weight excluding hydrogens is 294 g/mol. The van der Waals surface area contributed by atoms with E-state index in [0.717, 1.165) is 22.2 Å². The smallest absolute Gasteiger partial charge is 0.224 e. The van der Waals surface area contributed by atoms with Crippen LogP contribution in [0.15, 0.2) is 41.3 Å². The molecule has 0 fully saturated rings. The first-order valence-corrected chi connectivity index (χ1v) is 6.52. The highest BCUT2D eigenvalue weighted by molar-refractivity contribution is 9.10. The third-order valence-corrected chi connectivity index (χ3v) is 3.02. The number of rotatable bonds is 5. The van der Waals surface area contributed by atoms with Crippen LogP contribution in [-0.2, 0) is 17.6 Å². The Morgan fingerprint density at radius 2 is 2.33 bits per heavy atom. The van der Waals surface area contributed by atoms with Crippen LogP contribution in [0.1, 0.15) is 11.3 Å². The molecule has 18 heavy (non-hydrogen) atoms. The van der Waals surface area contributed by atoms with Gasteiger partial charge >= 0.3 is 0 Å². The van der Waals surface area contributed by atoms with Crippen molar-refractivity contribution < 1.29 is 4.79 Å². The van der Waals surface area contributed by atoms with Gasteiger partial charge in [-0.3, -0.25) is 4.79 Å². The summed E-state index contributed by atoms with van der Waals surface area (Å²) in [7, 11) is 0. The van der Waals surface area contributed by atoms with Gasteiger partial charge in [0.05, 0.1) is 12.7 Å². The maximum absolute atomic E-state index is 11.7. The lowest BCUT2D eigenvalue weighted by atomic mass is 10.1. The Bertz CT molecular complexity index is 511. The zero-order valence-electron chi connectivity index (χ0n) is 9.82. The van der Waals surface area contributed by atoms with E-state index in [9.17, 15) is 4.79 Å². The van der Waals surface area contributed by atoms with Crippen molar-refractivity contribution in [1.29, 1.82) is 0 Å². The fraction of sp³-hybridized carbons (Fsp3) is 0.231. The predicted molar refractivity (Wildman–Crippen MR) is 73.1 cm³/mol. The largest absolute Gasteiger partial charge is 0.355 e. The summed E-state index contributed by atoms with van der Waals surface area (Å²) in [6.07, 6.45) is 4.58. The van der Waals surface area contributed by atoms with E-state index in [2.05, 4.69) is 31.2 Å². The summed E-state index contributed by atoms with van der Waals surface area (Å²) in [6.45, 7) is 0.620. The molecule has 2 N–H and O–H groups in total. The standard InChI is InChI=1S/C13H14BrN3O/c14-11-3-1-2-10(6-11)7-13(18)16-5-4-12-8-15-9-17-12/h1-3,6,8-9H,4-5,7H2,(H,15,17)(H,16,18). The number of halogens is 1. The number of aromatic amines is 1. The molecule has 0 aliphatic rings. The van der Waals surface area contributed by atoms with E-state index >= 15 is 0 Å². The van der Waals surface area contributed by atoms with Gasteiger partial charge in [-0.15, -0.1) is 0 Å². The summed E-state index contributed by atoms with van der Waals surface area (Å²) in [4.78, 5) is 18.6. The number of benzene rings is 1. The monoisotopic (exact) mass is 307 g/mol. The van der Waals surface area contributed by atoms with E-state index in [1.165, 1.54) is 0 Å². The van der Waals surface area contributed by atoms with Crippen molar-refractivity contribution in [2.75, 3.05) is 6.54 Å². The predicted octanol–water partition coefficient (Wildman–Crippen LogP) is 2.07. The molecular formula is C13H14BrN3O. The molecule has 0 bridgehead atoms. The molecule has 0 unspecified atom stereocenters. The van der Waals surface area contributed by atoms with Crippen LogP contribution >= 0.6 is 15.9 Å². The van der Waals surface area contributed by atoms with Crippen molar-refractivity contribution in [2.45, 2.75) is 12.8 Å². The van der Waals surface area contributed by atoms with E-state index in [-0.39, 0.29) is 5.91 Å². The Morgan fingerprint density at radius 1 is 1.44 bits per heavy atom. The SMILES string of the molecule is O=C(Cc1cccc(Br)c1)NCCc1cnc[nH]1. The molecule has 0 saturated carbocycles. The second-order valence-electron chi connectivity index (χ2n) is 3.98. The molecule has 1 heterocycles. The lowest BCUT2D eigenvalue weighted by Crippen LogP contribution is -2.27. The fourth-order valence-corrected chi connectivity index (χ4v) is 2.10. The van der Waals surface area contributed by atoms with E-state index in [0.29, 0.717) is 13.0 Å². The molecule has 0 saturated heterocycles. The molecule has 2 aromatic rings. The second-order valence-corrected chi connectivity index (χ2v) is 4.90. The minimum absolute atomic E-state index is 0.0348. The molecule has 0 aliphatic heterocycles. The number of hydrogen-bond acceptors (Lipinski definition) is 2. The normalized spacial score (nSPS) is 10.3. The van der Waals surface area contributed by atoms with E-state index in [4.69, 9.17) is 0 Å². The Labute approximate surface area is 114 Å². The van der Waals surface area contributed by atoms with Crippen LogP contribution in [0, 0.1) is 0 Å². The van der Waals surface area contributed by atoms with Crippen molar-refractivity contribution in [1.82, 2.24) is 15.3 Å². The first kappa shape index (κ1) is 12.8. The van der Waals surface area contributed by atoms with Crippen LogP contribution < -0.4 is 5.32 Å². The molecule has 0 atom stereocenters. The number of nitrogens with one attached hydrogen (secondary N) is 2. The highest BCUT2D eigenvalue weighted by Gasteiger charge is 2.03. The maximum atomic E-state index is 11.7. The Morgan fingerprint density at radius 3 is 3.06 bits per heavy atom. The molecule has 0 spiro atoms. The molecule has 2 rings (SSSR count). The third-order valence-electron chi connectivity index (χ3n) is 2.53. The number of H-pyrrole nitrogens is 1. The van der Waals surface area contributed by atoms with Crippen LogP contribution in [0.5, 0.6) is 0 Å². The first-order chi connectivity index (χ1) is 8.74. The van der Waals surface area contributed by atoms with Crippen molar-refractivity contribution in [3.63, 3.8) is 0 Å². The first-order valence-electron chi connectivity index (χ1n) is 5.72. The van der Waals surface area contributed by atoms with Crippen molar-refractivity contribution >= 4 is 21.8 Å². The van der Waals surface area contributed by atoms with Gasteiger partial charge in [-0.25, -0.2) is 4.98 Å². The Balaban J connectivity index is 1.75. The molecule has 1 aromatic carbocycles. The van der Waals surface area contributed by atoms with Gasteiger partial charge in [-0.2, -0.15) is 0 Å². The molecule has 5 heteroatoms. The van der Waals surface area contributed by atoms with Crippen molar-refractivity contribution in [3.05, 3.63) is 52.5 Å². The van der Waals surface area contributed by atoms with Crippen LogP contribution in [0.3, 0.4) is 0 Å². The van der Waals surface area contributed by atoms with Crippen LogP contribution in [0.4, 0.5) is 0 Å². The minimum Gasteiger partial charge on any atom is -0.355 e. The lowest BCUT2D eigenvalue weighted by molar-refractivity contribution is -0.120. The fourth-order valence-electron chi connectivity index (χ4n) is 1.65. The zero-order valence-corrected chi connectivity index (χ0v) is 11.4. The summed E-state index contributed by atoms with van der Waals surface area (Å²) in [5.41, 5.74) is 2.03. The maximum Gasteiger partial charge on any atom is 0.224 e. The van der Waals surface area contributed by atoms with Crippen LogP contribution in [0.25, 0.3) is 0 Å². The van der Waals surface area contributed by atoms with Gasteiger partial charge in [-0.05, 0) is 17.7 Å². The second kappa shape index (κ2) is 6.35. The Kier molecular flexibility index (Phi) is 4.52. The van der Waals surface area contributed by atoms with Crippen molar-refractivity contribution in [2.24, 2.45) is 0 Å². The summed E-state index contributed by atoms with van der Waals surface area (Å²) in [5.74, 6) is 0.0348. The minimum atomic E-state index is 0.0348. The molecule has 1 amide bonds. The molecule has 1 aromatic heterocycles. The van der Waals surface area contributed by atoms with Gasteiger partial charge in [-0.1, -0.05) is 28.1 Å². The highest BCUT2D eigenvalue weighted by atomic mass is 79.9. The number of carbonyl (C=O) groups is 1. The van der Waals surface area contributed by atoms with Crippen molar-refractivity contribution in [3.8, 4) is 0 Å². The van der Waals surface area contributed by atoms with Gasteiger partial charge in [0.2, 0.25) is 5.91 Å². The molecule has 0 radical (unpaired) electrons. The lowest BCUT2D eigenvalue weighted by Gasteiger charge is -2.04. The van der Waals surface area contributed by atoms with E-state index < -0.39 is 0 Å². The number of aromatic nitrogens is 2.